The van der Waals surface area contributed by atoms with Crippen molar-refractivity contribution in [2.75, 3.05) is 7.11 Å². The number of nitrogens with zero attached hydrogens (tertiary/aromatic N) is 2. The Morgan fingerprint density at radius 1 is 1.17 bits per heavy atom. The molecule has 0 bridgehead atoms. The number of methoxy groups -OCH3 is 1. The molecule has 3 nitrogen and oxygen atoms in total. The molecular weight excluding hydrogens is 224 g/mol. The van der Waals surface area contributed by atoms with Crippen LogP contribution in [0.2, 0.25) is 0 Å². The molecule has 2 aromatic rings. The summed E-state index contributed by atoms with van der Waals surface area (Å²) in [5.41, 5.74) is 2.54. The van der Waals surface area contributed by atoms with Crippen molar-refractivity contribution in [2.24, 2.45) is 5.92 Å². The van der Waals surface area contributed by atoms with E-state index in [-0.39, 0.29) is 0 Å². The molecule has 2 rings (SSSR count). The van der Waals surface area contributed by atoms with Crippen LogP contribution in [-0.2, 0) is 13.0 Å². The summed E-state index contributed by atoms with van der Waals surface area (Å²) < 4.78 is 7.13. The van der Waals surface area contributed by atoms with Crippen LogP contribution in [0.15, 0.2) is 36.7 Å². The molecular formula is C15H20N2O. The van der Waals surface area contributed by atoms with E-state index in [4.69, 9.17) is 4.74 Å². The standard InChI is InChI=1S/C15H20N2O/c1-12(2)8-14-9-16-17(11-14)10-13-4-6-15(18-3)7-5-13/h4-7,9,11-12H,8,10H2,1-3H3. The summed E-state index contributed by atoms with van der Waals surface area (Å²) in [6.07, 6.45) is 5.18. The molecule has 1 aromatic heterocycles. The van der Waals surface area contributed by atoms with E-state index in [2.05, 4.69) is 37.3 Å². The summed E-state index contributed by atoms with van der Waals surface area (Å²) in [7, 11) is 1.68. The maximum Gasteiger partial charge on any atom is 0.118 e. The van der Waals surface area contributed by atoms with Crippen molar-refractivity contribution in [2.45, 2.75) is 26.8 Å². The van der Waals surface area contributed by atoms with Crippen LogP contribution in [0.25, 0.3) is 0 Å². The van der Waals surface area contributed by atoms with Gasteiger partial charge in [0.25, 0.3) is 0 Å². The highest BCUT2D eigenvalue weighted by molar-refractivity contribution is 5.27. The largest absolute Gasteiger partial charge is 0.497 e. The van der Waals surface area contributed by atoms with Crippen molar-refractivity contribution in [3.63, 3.8) is 0 Å². The minimum Gasteiger partial charge on any atom is -0.497 e. The molecule has 0 saturated heterocycles. The molecule has 0 amide bonds. The van der Waals surface area contributed by atoms with Gasteiger partial charge in [-0.3, -0.25) is 4.68 Å². The summed E-state index contributed by atoms with van der Waals surface area (Å²) in [5.74, 6) is 1.56. The SMILES string of the molecule is COc1ccc(Cn2cc(CC(C)C)cn2)cc1. The Morgan fingerprint density at radius 2 is 1.89 bits per heavy atom. The summed E-state index contributed by atoms with van der Waals surface area (Å²) in [4.78, 5) is 0. The molecule has 0 fully saturated rings. The fraction of sp³-hybridized carbons (Fsp3) is 0.400. The van der Waals surface area contributed by atoms with Gasteiger partial charge < -0.3 is 4.74 Å². The van der Waals surface area contributed by atoms with Gasteiger partial charge in [0.1, 0.15) is 5.75 Å². The highest BCUT2D eigenvalue weighted by atomic mass is 16.5. The maximum atomic E-state index is 5.14. The molecule has 3 heteroatoms. The lowest BCUT2D eigenvalue weighted by Gasteiger charge is -2.04. The van der Waals surface area contributed by atoms with Crippen LogP contribution in [0.5, 0.6) is 5.75 Å². The minimum absolute atomic E-state index is 0.670. The van der Waals surface area contributed by atoms with E-state index in [0.29, 0.717) is 5.92 Å². The second-order valence-electron chi connectivity index (χ2n) is 4.99. The van der Waals surface area contributed by atoms with Crippen molar-refractivity contribution >= 4 is 0 Å². The van der Waals surface area contributed by atoms with Gasteiger partial charge in [0.2, 0.25) is 0 Å². The van der Waals surface area contributed by atoms with E-state index >= 15 is 0 Å². The second-order valence-corrected chi connectivity index (χ2v) is 4.99. The summed E-state index contributed by atoms with van der Waals surface area (Å²) in [6, 6.07) is 8.10. The number of benzene rings is 1. The minimum atomic E-state index is 0.670. The third-order valence-corrected chi connectivity index (χ3v) is 2.83. The van der Waals surface area contributed by atoms with Gasteiger partial charge in [0.15, 0.2) is 0 Å². The maximum absolute atomic E-state index is 5.14. The zero-order valence-electron chi connectivity index (χ0n) is 11.3. The first-order valence-corrected chi connectivity index (χ1v) is 6.31. The number of hydrogen-bond acceptors (Lipinski definition) is 2. The highest BCUT2D eigenvalue weighted by Crippen LogP contribution is 2.13. The highest BCUT2D eigenvalue weighted by Gasteiger charge is 2.02. The molecule has 96 valence electrons. The summed E-state index contributed by atoms with van der Waals surface area (Å²) in [5, 5.41) is 4.39. The molecule has 0 unspecified atom stereocenters. The Balaban J connectivity index is 2.01. The van der Waals surface area contributed by atoms with Crippen molar-refractivity contribution < 1.29 is 4.74 Å². The van der Waals surface area contributed by atoms with Crippen LogP contribution in [-0.4, -0.2) is 16.9 Å². The van der Waals surface area contributed by atoms with Crippen LogP contribution >= 0.6 is 0 Å². The Labute approximate surface area is 108 Å². The van der Waals surface area contributed by atoms with Crippen molar-refractivity contribution in [3.8, 4) is 5.75 Å². The molecule has 0 saturated carbocycles. The lowest BCUT2D eigenvalue weighted by molar-refractivity contribution is 0.414. The Morgan fingerprint density at radius 3 is 2.50 bits per heavy atom. The number of ether oxygens (including phenoxy) is 1. The van der Waals surface area contributed by atoms with Gasteiger partial charge in [-0.2, -0.15) is 5.10 Å². The first-order valence-electron chi connectivity index (χ1n) is 6.31. The Kier molecular flexibility index (Phi) is 4.03. The third-order valence-electron chi connectivity index (χ3n) is 2.83. The molecule has 0 aliphatic rings. The van der Waals surface area contributed by atoms with Gasteiger partial charge >= 0.3 is 0 Å². The van der Waals surface area contributed by atoms with E-state index < -0.39 is 0 Å². The molecule has 0 atom stereocenters. The van der Waals surface area contributed by atoms with E-state index in [1.54, 1.807) is 7.11 Å². The summed E-state index contributed by atoms with van der Waals surface area (Å²) in [6.45, 7) is 5.25. The lowest BCUT2D eigenvalue weighted by atomic mass is 10.1. The number of rotatable bonds is 5. The van der Waals surface area contributed by atoms with Crippen LogP contribution in [0.4, 0.5) is 0 Å². The normalized spacial score (nSPS) is 10.9. The average Bonchev–Trinajstić information content (AvgIpc) is 2.76. The van der Waals surface area contributed by atoms with Crippen LogP contribution in [0.1, 0.15) is 25.0 Å². The Hall–Kier alpha value is -1.77. The first kappa shape index (κ1) is 12.7. The van der Waals surface area contributed by atoms with Gasteiger partial charge in [-0.1, -0.05) is 26.0 Å². The zero-order valence-corrected chi connectivity index (χ0v) is 11.3. The predicted molar refractivity (Wildman–Crippen MR) is 72.9 cm³/mol. The van der Waals surface area contributed by atoms with Crippen molar-refractivity contribution in [1.29, 1.82) is 0 Å². The van der Waals surface area contributed by atoms with E-state index in [9.17, 15) is 0 Å². The van der Waals surface area contributed by atoms with Crippen LogP contribution in [0, 0.1) is 5.92 Å². The third kappa shape index (κ3) is 3.36. The Bertz CT molecular complexity index is 485. The van der Waals surface area contributed by atoms with E-state index in [1.807, 2.05) is 23.0 Å². The molecule has 0 aliphatic heterocycles. The van der Waals surface area contributed by atoms with Gasteiger partial charge in [0.05, 0.1) is 19.9 Å². The molecule has 1 aromatic carbocycles. The molecule has 18 heavy (non-hydrogen) atoms. The zero-order chi connectivity index (χ0) is 13.0. The van der Waals surface area contributed by atoms with Gasteiger partial charge in [-0.05, 0) is 35.6 Å². The quantitative estimate of drug-likeness (QED) is 0.808. The molecule has 0 N–H and O–H groups in total. The molecule has 1 heterocycles. The fourth-order valence-electron chi connectivity index (χ4n) is 1.99. The molecule has 0 aliphatic carbocycles. The second kappa shape index (κ2) is 5.71. The first-order chi connectivity index (χ1) is 8.67. The monoisotopic (exact) mass is 244 g/mol. The average molecular weight is 244 g/mol. The topological polar surface area (TPSA) is 27.1 Å². The van der Waals surface area contributed by atoms with Crippen LogP contribution in [0.3, 0.4) is 0 Å². The smallest absolute Gasteiger partial charge is 0.118 e. The van der Waals surface area contributed by atoms with Crippen molar-refractivity contribution in [1.82, 2.24) is 9.78 Å². The molecule has 0 spiro atoms. The van der Waals surface area contributed by atoms with Gasteiger partial charge in [-0.15, -0.1) is 0 Å². The van der Waals surface area contributed by atoms with E-state index in [0.717, 1.165) is 18.7 Å². The van der Waals surface area contributed by atoms with E-state index in [1.165, 1.54) is 11.1 Å². The van der Waals surface area contributed by atoms with Gasteiger partial charge in [0, 0.05) is 6.20 Å². The summed E-state index contributed by atoms with van der Waals surface area (Å²) >= 11 is 0. The lowest BCUT2D eigenvalue weighted by Crippen LogP contribution is -2.00. The molecule has 0 radical (unpaired) electrons. The fourth-order valence-corrected chi connectivity index (χ4v) is 1.99. The number of hydrogen-bond donors (Lipinski definition) is 0. The predicted octanol–water partition coefficient (Wildman–Crippen LogP) is 3.14. The van der Waals surface area contributed by atoms with Crippen molar-refractivity contribution in [3.05, 3.63) is 47.8 Å². The van der Waals surface area contributed by atoms with Crippen LogP contribution < -0.4 is 4.74 Å². The number of aromatic nitrogens is 2. The van der Waals surface area contributed by atoms with Gasteiger partial charge in [-0.25, -0.2) is 0 Å².